The highest BCUT2D eigenvalue weighted by Gasteiger charge is 2.30. The van der Waals surface area contributed by atoms with Crippen LogP contribution in [0.5, 0.6) is 0 Å². The van der Waals surface area contributed by atoms with Crippen molar-refractivity contribution in [3.05, 3.63) is 173 Å². The largest absolute Gasteiger partial charge is 0.416 e. The first-order valence-electron chi connectivity index (χ1n) is 17.8. The third-order valence-corrected chi connectivity index (χ3v) is 11.8. The van der Waals surface area contributed by atoms with Crippen molar-refractivity contribution in [1.29, 1.82) is 0 Å². The number of carbonyl (C=O) groups is 1. The van der Waals surface area contributed by atoms with E-state index >= 15 is 0 Å². The first-order valence-corrected chi connectivity index (χ1v) is 18.9. The van der Waals surface area contributed by atoms with Crippen LogP contribution in [0.1, 0.15) is 40.2 Å². The lowest BCUT2D eigenvalue weighted by molar-refractivity contribution is -0.137. The zero-order valence-electron chi connectivity index (χ0n) is 29.1. The van der Waals surface area contributed by atoms with E-state index in [9.17, 15) is 27.0 Å². The third kappa shape index (κ3) is 7.17. The summed E-state index contributed by atoms with van der Waals surface area (Å²) in [5.41, 5.74) is 3.72. The Balaban J connectivity index is 0.921. The highest BCUT2D eigenvalue weighted by molar-refractivity contribution is 7.82. The summed E-state index contributed by atoms with van der Waals surface area (Å²) in [6.45, 7) is 0.964. The third-order valence-electron chi connectivity index (χ3n) is 10.3. The van der Waals surface area contributed by atoms with E-state index in [1.54, 1.807) is 24.3 Å². The Bertz CT molecular complexity index is 2540. The molecule has 2 heterocycles. The van der Waals surface area contributed by atoms with Gasteiger partial charge in [-0.05, 0) is 92.4 Å². The van der Waals surface area contributed by atoms with Crippen molar-refractivity contribution in [2.45, 2.75) is 36.4 Å². The molecule has 6 aromatic carbocycles. The predicted molar refractivity (Wildman–Crippen MR) is 209 cm³/mol. The summed E-state index contributed by atoms with van der Waals surface area (Å²) in [7, 11) is -1.53. The van der Waals surface area contributed by atoms with E-state index < -0.39 is 28.3 Å². The first kappa shape index (κ1) is 35.4. The van der Waals surface area contributed by atoms with Gasteiger partial charge in [-0.25, -0.2) is 8.51 Å². The number of hydrogen-bond donors (Lipinski definition) is 0. The molecule has 7 aromatic rings. The van der Waals surface area contributed by atoms with E-state index in [0.29, 0.717) is 40.6 Å². The van der Waals surface area contributed by atoms with E-state index in [0.717, 1.165) is 25.0 Å². The molecule has 0 amide bonds. The maximum atomic E-state index is 13.7. The van der Waals surface area contributed by atoms with Crippen LogP contribution in [-0.4, -0.2) is 32.0 Å². The minimum atomic E-state index is -4.46. The number of hydrogen-bond acceptors (Lipinski definition) is 3. The van der Waals surface area contributed by atoms with Gasteiger partial charge >= 0.3 is 6.18 Å². The van der Waals surface area contributed by atoms with Crippen LogP contribution in [0.15, 0.2) is 155 Å². The van der Waals surface area contributed by atoms with Gasteiger partial charge in [0, 0.05) is 30.9 Å². The normalized spacial score (nSPS) is 14.7. The standard InChI is InChI=1S/C45H35F3N2O3S/c46-45(47,48)38-9-5-8-35(27-38)31-12-16-33(17-13-31)42(51)29-49-28-39(20-21-43(49)52)54(53)50-24-22-32(23-25-50)30-14-18-34(19-15-30)44-40-10-3-1-6-36(40)26-37-7-2-4-11-41(37)44/h1-21,26-28,32H,22-25,29H2. The van der Waals surface area contributed by atoms with Gasteiger partial charge in [0.2, 0.25) is 0 Å². The number of piperidine rings is 1. The number of aromatic nitrogens is 1. The Kier molecular flexibility index (Phi) is 9.60. The second-order valence-electron chi connectivity index (χ2n) is 13.7. The van der Waals surface area contributed by atoms with Gasteiger partial charge in [0.15, 0.2) is 5.78 Å². The number of benzene rings is 6. The number of halogens is 3. The van der Waals surface area contributed by atoms with Gasteiger partial charge in [0.1, 0.15) is 11.0 Å². The van der Waals surface area contributed by atoms with Gasteiger partial charge in [-0.15, -0.1) is 0 Å². The molecular formula is C45H35F3N2O3S. The molecule has 9 heteroatoms. The average molecular weight is 741 g/mol. The number of Topliss-reactive ketones (excluding diaryl/α,β-unsaturated/α-hetero) is 1. The molecule has 8 rings (SSSR count). The van der Waals surface area contributed by atoms with E-state index in [4.69, 9.17) is 0 Å². The molecule has 0 spiro atoms. The molecule has 54 heavy (non-hydrogen) atoms. The maximum Gasteiger partial charge on any atom is 0.416 e. The Labute approximate surface area is 312 Å². The molecular weight excluding hydrogens is 706 g/mol. The molecule has 0 N–H and O–H groups in total. The summed E-state index contributed by atoms with van der Waals surface area (Å²) >= 11 is 0. The SMILES string of the molecule is O=C(Cn1cc(S(=O)N2CCC(c3ccc(-c4c5ccccc5cc5ccccc45)cc3)CC2)ccc1=O)c1ccc(-c2cccc(C(F)(F)F)c2)cc1. The summed E-state index contributed by atoms with van der Waals surface area (Å²) in [6, 6.07) is 42.2. The van der Waals surface area contributed by atoms with Crippen molar-refractivity contribution < 1.29 is 22.2 Å². The molecule has 0 radical (unpaired) electrons. The molecule has 0 bridgehead atoms. The fourth-order valence-corrected chi connectivity index (χ4v) is 8.70. The summed E-state index contributed by atoms with van der Waals surface area (Å²) in [5.74, 6) is -0.0285. The van der Waals surface area contributed by atoms with Gasteiger partial charge in [-0.2, -0.15) is 13.2 Å². The minimum absolute atomic E-state index is 0.264. The lowest BCUT2D eigenvalue weighted by Crippen LogP contribution is -2.35. The summed E-state index contributed by atoms with van der Waals surface area (Å²) in [5, 5.41) is 4.87. The zero-order chi connectivity index (χ0) is 37.4. The lowest BCUT2D eigenvalue weighted by Gasteiger charge is -2.31. The average Bonchev–Trinajstić information content (AvgIpc) is 3.20. The fourth-order valence-electron chi connectivity index (χ4n) is 7.46. The Hall–Kier alpha value is -5.64. The van der Waals surface area contributed by atoms with Gasteiger partial charge in [-0.3, -0.25) is 9.59 Å². The van der Waals surface area contributed by atoms with Crippen molar-refractivity contribution in [1.82, 2.24) is 8.87 Å². The first-order chi connectivity index (χ1) is 26.1. The van der Waals surface area contributed by atoms with E-state index in [1.165, 1.54) is 73.3 Å². The van der Waals surface area contributed by atoms with Crippen LogP contribution in [0.2, 0.25) is 0 Å². The molecule has 1 aliphatic heterocycles. The number of fused-ring (bicyclic) bond motifs is 2. The van der Waals surface area contributed by atoms with Crippen LogP contribution in [0.25, 0.3) is 43.8 Å². The molecule has 0 saturated carbocycles. The van der Waals surface area contributed by atoms with E-state index in [1.807, 2.05) is 4.31 Å². The quantitative estimate of drug-likeness (QED) is 0.115. The van der Waals surface area contributed by atoms with Crippen LogP contribution < -0.4 is 5.56 Å². The molecule has 0 aliphatic carbocycles. The summed E-state index contributed by atoms with van der Waals surface area (Å²) in [6.07, 6.45) is -1.32. The second-order valence-corrected chi connectivity index (χ2v) is 15.2. The van der Waals surface area contributed by atoms with Gasteiger partial charge < -0.3 is 4.57 Å². The number of carbonyl (C=O) groups excluding carboxylic acids is 1. The Morgan fingerprint density at radius 1 is 0.685 bits per heavy atom. The number of nitrogens with zero attached hydrogens (tertiary/aromatic N) is 2. The molecule has 1 unspecified atom stereocenters. The van der Waals surface area contributed by atoms with Gasteiger partial charge in [0.05, 0.1) is 17.0 Å². The topological polar surface area (TPSA) is 59.4 Å². The molecule has 1 saturated heterocycles. The fraction of sp³-hybridized carbons (Fsp3) is 0.156. The van der Waals surface area contributed by atoms with Crippen molar-refractivity contribution in [2.24, 2.45) is 0 Å². The number of pyridine rings is 1. The number of rotatable bonds is 8. The summed E-state index contributed by atoms with van der Waals surface area (Å²) in [4.78, 5) is 26.4. The minimum Gasteiger partial charge on any atom is -0.306 e. The van der Waals surface area contributed by atoms with Crippen molar-refractivity contribution in [3.63, 3.8) is 0 Å². The van der Waals surface area contributed by atoms with Gasteiger partial charge in [-0.1, -0.05) is 109 Å². The Morgan fingerprint density at radius 2 is 1.31 bits per heavy atom. The van der Waals surface area contributed by atoms with Crippen molar-refractivity contribution in [2.75, 3.05) is 13.1 Å². The van der Waals surface area contributed by atoms with Gasteiger partial charge in [0.25, 0.3) is 5.56 Å². The number of alkyl halides is 3. The number of ketones is 1. The van der Waals surface area contributed by atoms with Crippen molar-refractivity contribution >= 4 is 38.3 Å². The smallest absolute Gasteiger partial charge is 0.306 e. The summed E-state index contributed by atoms with van der Waals surface area (Å²) < 4.78 is 56.4. The molecule has 270 valence electrons. The highest BCUT2D eigenvalue weighted by atomic mass is 32.2. The van der Waals surface area contributed by atoms with Crippen LogP contribution in [0, 0.1) is 0 Å². The molecule has 1 atom stereocenters. The van der Waals surface area contributed by atoms with E-state index in [-0.39, 0.29) is 12.3 Å². The van der Waals surface area contributed by atoms with Crippen LogP contribution in [0.3, 0.4) is 0 Å². The predicted octanol–water partition coefficient (Wildman–Crippen LogP) is 10.3. The molecule has 5 nitrogen and oxygen atoms in total. The second kappa shape index (κ2) is 14.6. The monoisotopic (exact) mass is 740 g/mol. The molecule has 1 aromatic heterocycles. The van der Waals surface area contributed by atoms with Crippen LogP contribution in [0.4, 0.5) is 13.2 Å². The Morgan fingerprint density at radius 3 is 1.96 bits per heavy atom. The van der Waals surface area contributed by atoms with Crippen LogP contribution >= 0.6 is 0 Å². The molecule has 1 aliphatic rings. The molecule has 1 fully saturated rings. The highest BCUT2D eigenvalue weighted by Crippen LogP contribution is 2.38. The van der Waals surface area contributed by atoms with Crippen LogP contribution in [-0.2, 0) is 23.7 Å². The maximum absolute atomic E-state index is 13.7. The lowest BCUT2D eigenvalue weighted by atomic mass is 9.87. The zero-order valence-corrected chi connectivity index (χ0v) is 29.9. The van der Waals surface area contributed by atoms with Crippen molar-refractivity contribution in [3.8, 4) is 22.3 Å². The van der Waals surface area contributed by atoms with E-state index in [2.05, 4.69) is 78.9 Å².